The minimum absolute atomic E-state index is 0.00750. The predicted octanol–water partition coefficient (Wildman–Crippen LogP) is 1.43. The third kappa shape index (κ3) is 2.77. The summed E-state index contributed by atoms with van der Waals surface area (Å²) in [6.07, 6.45) is -0.0282. The molecule has 0 bridgehead atoms. The highest BCUT2D eigenvalue weighted by Crippen LogP contribution is 2.36. The van der Waals surface area contributed by atoms with E-state index in [0.29, 0.717) is 23.5 Å². The minimum atomic E-state index is -0.649. The number of aliphatic hydroxyl groups excluding tert-OH is 1. The van der Waals surface area contributed by atoms with Crippen molar-refractivity contribution < 1.29 is 19.4 Å². The number of hydrogen-bond donors (Lipinski definition) is 3. The molecule has 2 heterocycles. The normalized spacial score (nSPS) is 26.6. The Morgan fingerprint density at radius 2 is 1.95 bits per heavy atom. The SMILES string of the molecule is CC1OCCC1C(O)c1ccc2c(c1)NC(=O)CC(=O)N2. The summed E-state index contributed by atoms with van der Waals surface area (Å²) in [6.45, 7) is 2.60. The molecule has 0 aromatic heterocycles. The molecule has 0 radical (unpaired) electrons. The van der Waals surface area contributed by atoms with Crippen LogP contribution in [0.2, 0.25) is 0 Å². The highest BCUT2D eigenvalue weighted by Gasteiger charge is 2.32. The molecule has 1 aromatic rings. The number of anilines is 2. The first-order valence-corrected chi connectivity index (χ1v) is 7.08. The summed E-state index contributed by atoms with van der Waals surface area (Å²) >= 11 is 0. The molecule has 0 saturated carbocycles. The molecule has 112 valence electrons. The lowest BCUT2D eigenvalue weighted by Crippen LogP contribution is -2.20. The van der Waals surface area contributed by atoms with E-state index in [1.54, 1.807) is 18.2 Å². The van der Waals surface area contributed by atoms with E-state index < -0.39 is 6.10 Å². The van der Waals surface area contributed by atoms with E-state index >= 15 is 0 Å². The fourth-order valence-corrected chi connectivity index (χ4v) is 2.90. The van der Waals surface area contributed by atoms with Crippen molar-refractivity contribution in [1.29, 1.82) is 0 Å². The lowest BCUT2D eigenvalue weighted by atomic mass is 9.90. The van der Waals surface area contributed by atoms with Gasteiger partial charge >= 0.3 is 0 Å². The number of benzene rings is 1. The summed E-state index contributed by atoms with van der Waals surface area (Å²) in [7, 11) is 0. The highest BCUT2D eigenvalue weighted by molar-refractivity contribution is 6.13. The standard InChI is InChI=1S/C15H18N2O4/c1-8-10(4-5-21-8)15(20)9-2-3-11-12(6-9)17-14(19)7-13(18)16-11/h2-3,6,8,10,15,20H,4-5,7H2,1H3,(H,16,18)(H,17,19). The summed E-state index contributed by atoms with van der Waals surface area (Å²) in [6, 6.07) is 5.19. The Balaban J connectivity index is 1.88. The number of hydrogen-bond acceptors (Lipinski definition) is 4. The fourth-order valence-electron chi connectivity index (χ4n) is 2.90. The van der Waals surface area contributed by atoms with Gasteiger partial charge in [0, 0.05) is 12.5 Å². The number of carbonyl (C=O) groups excluding carboxylic acids is 2. The fraction of sp³-hybridized carbons (Fsp3) is 0.467. The van der Waals surface area contributed by atoms with Crippen molar-refractivity contribution in [2.24, 2.45) is 5.92 Å². The molecular formula is C15H18N2O4. The molecule has 2 amide bonds. The Kier molecular flexibility index (Phi) is 3.65. The average Bonchev–Trinajstić information content (AvgIpc) is 2.79. The summed E-state index contributed by atoms with van der Waals surface area (Å²) < 4.78 is 5.49. The maximum absolute atomic E-state index is 11.6. The number of carbonyl (C=O) groups is 2. The number of ether oxygens (including phenoxy) is 1. The number of fused-ring (bicyclic) bond motifs is 1. The summed E-state index contributed by atoms with van der Waals surface area (Å²) in [4.78, 5) is 23.1. The van der Waals surface area contributed by atoms with Gasteiger partial charge in [-0.25, -0.2) is 0 Å². The van der Waals surface area contributed by atoms with Crippen molar-refractivity contribution >= 4 is 23.2 Å². The average molecular weight is 290 g/mol. The van der Waals surface area contributed by atoms with Crippen LogP contribution in [0.4, 0.5) is 11.4 Å². The van der Waals surface area contributed by atoms with Gasteiger partial charge in [0.15, 0.2) is 0 Å². The van der Waals surface area contributed by atoms with Crippen LogP contribution in [0.3, 0.4) is 0 Å². The highest BCUT2D eigenvalue weighted by atomic mass is 16.5. The quantitative estimate of drug-likeness (QED) is 0.719. The first kappa shape index (κ1) is 14.0. The van der Waals surface area contributed by atoms with E-state index in [0.717, 1.165) is 6.42 Å². The molecule has 3 unspecified atom stereocenters. The summed E-state index contributed by atoms with van der Waals surface area (Å²) in [5.74, 6) is -0.646. The largest absolute Gasteiger partial charge is 0.388 e. The van der Waals surface area contributed by atoms with Crippen molar-refractivity contribution in [3.05, 3.63) is 23.8 Å². The topological polar surface area (TPSA) is 87.7 Å². The van der Waals surface area contributed by atoms with Crippen LogP contribution in [-0.2, 0) is 14.3 Å². The first-order chi connectivity index (χ1) is 10.0. The van der Waals surface area contributed by atoms with Crippen molar-refractivity contribution in [3.63, 3.8) is 0 Å². The zero-order chi connectivity index (χ0) is 15.0. The predicted molar refractivity (Wildman–Crippen MR) is 76.8 cm³/mol. The van der Waals surface area contributed by atoms with Gasteiger partial charge < -0.3 is 20.5 Å². The van der Waals surface area contributed by atoms with Crippen LogP contribution in [0.25, 0.3) is 0 Å². The molecule has 3 atom stereocenters. The van der Waals surface area contributed by atoms with E-state index in [-0.39, 0.29) is 30.3 Å². The van der Waals surface area contributed by atoms with E-state index in [1.165, 1.54) is 0 Å². The lowest BCUT2D eigenvalue weighted by molar-refractivity contribution is -0.123. The molecule has 2 aliphatic rings. The van der Waals surface area contributed by atoms with E-state index in [9.17, 15) is 14.7 Å². The first-order valence-electron chi connectivity index (χ1n) is 7.08. The molecule has 3 rings (SSSR count). The minimum Gasteiger partial charge on any atom is -0.388 e. The van der Waals surface area contributed by atoms with Crippen LogP contribution in [0.15, 0.2) is 18.2 Å². The molecule has 1 fully saturated rings. The maximum atomic E-state index is 11.6. The molecular weight excluding hydrogens is 272 g/mol. The van der Waals surface area contributed by atoms with E-state index in [4.69, 9.17) is 4.74 Å². The van der Waals surface area contributed by atoms with Gasteiger partial charge in [-0.2, -0.15) is 0 Å². The molecule has 0 spiro atoms. The third-order valence-corrected chi connectivity index (χ3v) is 4.09. The van der Waals surface area contributed by atoms with Crippen molar-refractivity contribution in [2.75, 3.05) is 17.2 Å². The summed E-state index contributed by atoms with van der Waals surface area (Å²) in [5, 5.41) is 15.9. The van der Waals surface area contributed by atoms with E-state index in [1.807, 2.05) is 6.92 Å². The van der Waals surface area contributed by atoms with Crippen LogP contribution in [-0.4, -0.2) is 29.6 Å². The van der Waals surface area contributed by atoms with Gasteiger partial charge in [-0.15, -0.1) is 0 Å². The Bertz CT molecular complexity index is 587. The van der Waals surface area contributed by atoms with Gasteiger partial charge in [0.25, 0.3) is 0 Å². The van der Waals surface area contributed by atoms with Crippen LogP contribution < -0.4 is 10.6 Å². The Morgan fingerprint density at radius 3 is 2.62 bits per heavy atom. The molecule has 6 nitrogen and oxygen atoms in total. The Morgan fingerprint density at radius 1 is 1.24 bits per heavy atom. The Hall–Kier alpha value is -1.92. The van der Waals surface area contributed by atoms with Crippen LogP contribution in [0.1, 0.15) is 31.4 Å². The van der Waals surface area contributed by atoms with E-state index in [2.05, 4.69) is 10.6 Å². The lowest BCUT2D eigenvalue weighted by Gasteiger charge is -2.22. The zero-order valence-corrected chi connectivity index (χ0v) is 11.8. The smallest absolute Gasteiger partial charge is 0.233 e. The molecule has 1 saturated heterocycles. The van der Waals surface area contributed by atoms with Crippen molar-refractivity contribution in [2.45, 2.75) is 32.0 Å². The van der Waals surface area contributed by atoms with Crippen molar-refractivity contribution in [3.8, 4) is 0 Å². The molecule has 3 N–H and O–H groups in total. The molecule has 2 aliphatic heterocycles. The van der Waals surface area contributed by atoms with Crippen LogP contribution in [0, 0.1) is 5.92 Å². The van der Waals surface area contributed by atoms with Gasteiger partial charge in [0.1, 0.15) is 6.42 Å². The van der Waals surface area contributed by atoms with Crippen LogP contribution in [0.5, 0.6) is 0 Å². The van der Waals surface area contributed by atoms with Crippen molar-refractivity contribution in [1.82, 2.24) is 0 Å². The third-order valence-electron chi connectivity index (χ3n) is 4.09. The molecule has 21 heavy (non-hydrogen) atoms. The van der Waals surface area contributed by atoms with Gasteiger partial charge in [-0.1, -0.05) is 6.07 Å². The molecule has 1 aromatic carbocycles. The second-order valence-electron chi connectivity index (χ2n) is 5.55. The van der Waals surface area contributed by atoms with Crippen LogP contribution >= 0.6 is 0 Å². The monoisotopic (exact) mass is 290 g/mol. The second kappa shape index (κ2) is 5.46. The zero-order valence-electron chi connectivity index (χ0n) is 11.8. The second-order valence-corrected chi connectivity index (χ2v) is 5.55. The number of amides is 2. The number of aliphatic hydroxyl groups is 1. The van der Waals surface area contributed by atoms with Gasteiger partial charge in [-0.05, 0) is 31.0 Å². The van der Waals surface area contributed by atoms with Gasteiger partial charge in [0.05, 0.1) is 23.6 Å². The number of nitrogens with one attached hydrogen (secondary N) is 2. The summed E-state index contributed by atoms with van der Waals surface area (Å²) in [5.41, 5.74) is 1.79. The van der Waals surface area contributed by atoms with Gasteiger partial charge in [0.2, 0.25) is 11.8 Å². The number of rotatable bonds is 2. The molecule has 0 aliphatic carbocycles. The maximum Gasteiger partial charge on any atom is 0.233 e. The Labute approximate surface area is 122 Å². The molecule has 6 heteroatoms. The van der Waals surface area contributed by atoms with Gasteiger partial charge in [-0.3, -0.25) is 9.59 Å².